The van der Waals surface area contributed by atoms with Crippen molar-refractivity contribution in [2.75, 3.05) is 6.79 Å². The fraction of sp³-hybridized carbons (Fsp3) is 0.0909. The van der Waals surface area contributed by atoms with Crippen molar-refractivity contribution in [2.24, 2.45) is 0 Å². The highest BCUT2D eigenvalue weighted by atomic mass is 35.5. The first-order valence-corrected chi connectivity index (χ1v) is 5.16. The number of hydrogen-bond donors (Lipinski definition) is 1. The molecule has 0 aliphatic carbocycles. The van der Waals surface area contributed by atoms with Crippen LogP contribution in [0.2, 0.25) is 5.15 Å². The van der Waals surface area contributed by atoms with Crippen LogP contribution in [0.3, 0.4) is 0 Å². The van der Waals surface area contributed by atoms with E-state index < -0.39 is 5.97 Å². The maximum absolute atomic E-state index is 10.9. The zero-order valence-electron chi connectivity index (χ0n) is 8.44. The van der Waals surface area contributed by atoms with E-state index in [0.717, 1.165) is 0 Å². The fourth-order valence-corrected chi connectivity index (χ4v) is 1.92. The van der Waals surface area contributed by atoms with Crippen LogP contribution in [-0.4, -0.2) is 22.9 Å². The quantitative estimate of drug-likeness (QED) is 0.788. The number of carboxylic acids is 1. The molecule has 5 nitrogen and oxygen atoms in total. The number of aromatic carboxylic acids is 1. The maximum atomic E-state index is 10.9. The standard InChI is InChI=1S/C11H6ClNO4/c12-10-6(11(14)15)1-5-2-8-9(17-4-16-8)3-7(5)13-10/h1-3H,4H2,(H,14,15). The monoisotopic (exact) mass is 251 g/mol. The van der Waals surface area contributed by atoms with Gasteiger partial charge in [-0.05, 0) is 12.1 Å². The van der Waals surface area contributed by atoms with Crippen molar-refractivity contribution in [2.45, 2.75) is 0 Å². The molecule has 0 bridgehead atoms. The number of rotatable bonds is 1. The number of nitrogens with zero attached hydrogens (tertiary/aromatic N) is 1. The largest absolute Gasteiger partial charge is 0.478 e. The second kappa shape index (κ2) is 3.49. The number of fused-ring (bicyclic) bond motifs is 2. The topological polar surface area (TPSA) is 68.7 Å². The summed E-state index contributed by atoms with van der Waals surface area (Å²) in [6, 6.07) is 4.83. The van der Waals surface area contributed by atoms with E-state index in [1.807, 2.05) is 0 Å². The Labute approximate surface area is 101 Å². The van der Waals surface area contributed by atoms with Gasteiger partial charge in [0.2, 0.25) is 6.79 Å². The second-order valence-corrected chi connectivity index (χ2v) is 3.89. The molecule has 3 rings (SSSR count). The molecule has 1 N–H and O–H groups in total. The van der Waals surface area contributed by atoms with E-state index in [1.165, 1.54) is 6.07 Å². The minimum absolute atomic E-state index is 0.0296. The molecule has 0 amide bonds. The molecule has 1 aromatic carbocycles. The van der Waals surface area contributed by atoms with Crippen LogP contribution < -0.4 is 9.47 Å². The zero-order chi connectivity index (χ0) is 12.0. The Morgan fingerprint density at radius 2 is 2.00 bits per heavy atom. The Kier molecular flexibility index (Phi) is 2.09. The van der Waals surface area contributed by atoms with Crippen LogP contribution >= 0.6 is 11.6 Å². The first kappa shape index (κ1) is 10.2. The van der Waals surface area contributed by atoms with E-state index in [2.05, 4.69) is 4.98 Å². The summed E-state index contributed by atoms with van der Waals surface area (Å²) in [5.74, 6) is 0.0594. The number of pyridine rings is 1. The Morgan fingerprint density at radius 1 is 1.29 bits per heavy atom. The van der Waals surface area contributed by atoms with Crippen molar-refractivity contribution in [1.82, 2.24) is 4.98 Å². The molecule has 0 spiro atoms. The maximum Gasteiger partial charge on any atom is 0.338 e. The van der Waals surface area contributed by atoms with Crippen LogP contribution in [0.5, 0.6) is 11.5 Å². The van der Waals surface area contributed by atoms with E-state index >= 15 is 0 Å². The predicted octanol–water partition coefficient (Wildman–Crippen LogP) is 2.32. The van der Waals surface area contributed by atoms with Crippen molar-refractivity contribution in [3.8, 4) is 11.5 Å². The van der Waals surface area contributed by atoms with E-state index in [0.29, 0.717) is 22.4 Å². The van der Waals surface area contributed by atoms with Crippen LogP contribution in [0, 0.1) is 0 Å². The SMILES string of the molecule is O=C(O)c1cc2cc3c(cc2nc1Cl)OCO3. The number of carbonyl (C=O) groups is 1. The number of aromatic nitrogens is 1. The summed E-state index contributed by atoms with van der Waals surface area (Å²) < 4.78 is 10.4. The minimum atomic E-state index is -1.11. The molecule has 2 heterocycles. The average Bonchev–Trinajstić information content (AvgIpc) is 2.71. The van der Waals surface area contributed by atoms with Gasteiger partial charge in [0.15, 0.2) is 11.5 Å². The molecule has 0 atom stereocenters. The normalized spacial score (nSPS) is 13.0. The Morgan fingerprint density at radius 3 is 2.71 bits per heavy atom. The van der Waals surface area contributed by atoms with Gasteiger partial charge >= 0.3 is 5.97 Å². The van der Waals surface area contributed by atoms with E-state index in [4.69, 9.17) is 26.2 Å². The molecule has 1 aromatic heterocycles. The van der Waals surface area contributed by atoms with Gasteiger partial charge in [-0.15, -0.1) is 0 Å². The fourth-order valence-electron chi connectivity index (χ4n) is 1.69. The highest BCUT2D eigenvalue weighted by Crippen LogP contribution is 2.36. The summed E-state index contributed by atoms with van der Waals surface area (Å²) in [6.07, 6.45) is 0. The number of halogens is 1. The first-order chi connectivity index (χ1) is 8.15. The lowest BCUT2D eigenvalue weighted by Gasteiger charge is -2.03. The molecular weight excluding hydrogens is 246 g/mol. The summed E-state index contributed by atoms with van der Waals surface area (Å²) in [7, 11) is 0. The van der Waals surface area contributed by atoms with Crippen LogP contribution in [0.15, 0.2) is 18.2 Å². The zero-order valence-corrected chi connectivity index (χ0v) is 9.19. The van der Waals surface area contributed by atoms with Crippen molar-refractivity contribution < 1.29 is 19.4 Å². The Bertz CT molecular complexity index is 641. The van der Waals surface area contributed by atoms with Gasteiger partial charge in [0, 0.05) is 11.5 Å². The summed E-state index contributed by atoms with van der Waals surface area (Å²) in [6.45, 7) is 0.158. The smallest absolute Gasteiger partial charge is 0.338 e. The number of carboxylic acid groups (broad SMARTS) is 1. The first-order valence-electron chi connectivity index (χ1n) is 4.78. The van der Waals surface area contributed by atoms with Gasteiger partial charge in [0.25, 0.3) is 0 Å². The lowest BCUT2D eigenvalue weighted by Crippen LogP contribution is -1.99. The summed E-state index contributed by atoms with van der Waals surface area (Å²) in [4.78, 5) is 14.9. The Balaban J connectivity index is 2.29. The molecule has 86 valence electrons. The van der Waals surface area contributed by atoms with Gasteiger partial charge in [-0.2, -0.15) is 0 Å². The minimum Gasteiger partial charge on any atom is -0.478 e. The van der Waals surface area contributed by atoms with Crippen molar-refractivity contribution in [3.63, 3.8) is 0 Å². The van der Waals surface area contributed by atoms with Crippen LogP contribution in [0.1, 0.15) is 10.4 Å². The van der Waals surface area contributed by atoms with Crippen molar-refractivity contribution in [1.29, 1.82) is 0 Å². The molecular formula is C11H6ClNO4. The molecule has 0 unspecified atom stereocenters. The molecule has 1 aliphatic rings. The lowest BCUT2D eigenvalue weighted by atomic mass is 10.1. The van der Waals surface area contributed by atoms with Crippen LogP contribution in [-0.2, 0) is 0 Å². The number of hydrogen-bond acceptors (Lipinski definition) is 4. The van der Waals surface area contributed by atoms with Gasteiger partial charge < -0.3 is 14.6 Å². The van der Waals surface area contributed by atoms with E-state index in [9.17, 15) is 4.79 Å². The molecule has 2 aromatic rings. The third kappa shape index (κ3) is 1.55. The lowest BCUT2D eigenvalue weighted by molar-refractivity contribution is 0.0697. The van der Waals surface area contributed by atoms with Gasteiger partial charge in [-0.1, -0.05) is 11.6 Å². The molecule has 0 fully saturated rings. The second-order valence-electron chi connectivity index (χ2n) is 3.53. The number of benzene rings is 1. The molecule has 1 aliphatic heterocycles. The average molecular weight is 252 g/mol. The van der Waals surface area contributed by atoms with Crippen LogP contribution in [0.25, 0.3) is 10.9 Å². The molecule has 0 saturated carbocycles. The highest BCUT2D eigenvalue weighted by Gasteiger charge is 2.17. The van der Waals surface area contributed by atoms with Crippen molar-refractivity contribution in [3.05, 3.63) is 28.9 Å². The molecule has 0 radical (unpaired) electrons. The van der Waals surface area contributed by atoms with Gasteiger partial charge in [0.05, 0.1) is 11.1 Å². The third-order valence-electron chi connectivity index (χ3n) is 2.49. The molecule has 6 heteroatoms. The molecule has 17 heavy (non-hydrogen) atoms. The third-order valence-corrected chi connectivity index (χ3v) is 2.78. The summed E-state index contributed by atoms with van der Waals surface area (Å²) in [5, 5.41) is 9.55. The summed E-state index contributed by atoms with van der Waals surface area (Å²) >= 11 is 5.79. The van der Waals surface area contributed by atoms with E-state index in [-0.39, 0.29) is 17.5 Å². The Hall–Kier alpha value is -2.01. The molecule has 0 saturated heterocycles. The highest BCUT2D eigenvalue weighted by molar-refractivity contribution is 6.32. The van der Waals surface area contributed by atoms with Crippen molar-refractivity contribution >= 4 is 28.5 Å². The predicted molar refractivity (Wildman–Crippen MR) is 59.8 cm³/mol. The van der Waals surface area contributed by atoms with Gasteiger partial charge in [-0.3, -0.25) is 0 Å². The van der Waals surface area contributed by atoms with Crippen LogP contribution in [0.4, 0.5) is 0 Å². The van der Waals surface area contributed by atoms with Gasteiger partial charge in [-0.25, -0.2) is 9.78 Å². The number of ether oxygens (including phenoxy) is 2. The van der Waals surface area contributed by atoms with E-state index in [1.54, 1.807) is 12.1 Å². The van der Waals surface area contributed by atoms with Gasteiger partial charge in [0.1, 0.15) is 5.15 Å². The summed E-state index contributed by atoms with van der Waals surface area (Å²) in [5.41, 5.74) is 0.544.